The molecule has 2 rings (SSSR count). The first-order valence-corrected chi connectivity index (χ1v) is 6.56. The predicted molar refractivity (Wildman–Crippen MR) is 79.2 cm³/mol. The van der Waals surface area contributed by atoms with Crippen LogP contribution in [-0.4, -0.2) is 19.0 Å². The van der Waals surface area contributed by atoms with Gasteiger partial charge in [-0.25, -0.2) is 0 Å². The highest BCUT2D eigenvalue weighted by Gasteiger charge is 2.22. The monoisotopic (exact) mass is 272 g/mol. The number of phenols is 1. The lowest BCUT2D eigenvalue weighted by Gasteiger charge is -2.26. The van der Waals surface area contributed by atoms with Gasteiger partial charge in [-0.2, -0.15) is 0 Å². The number of aromatic hydroxyl groups is 1. The number of methoxy groups -OCH3 is 1. The molecule has 0 unspecified atom stereocenters. The Bertz CT molecular complexity index is 541. The van der Waals surface area contributed by atoms with E-state index < -0.39 is 0 Å². The van der Waals surface area contributed by atoms with Crippen LogP contribution in [0.25, 0.3) is 0 Å². The van der Waals surface area contributed by atoms with Gasteiger partial charge in [0.15, 0.2) is 6.79 Å². The van der Waals surface area contributed by atoms with Crippen LogP contribution in [0.4, 0.5) is 0 Å². The zero-order valence-electron chi connectivity index (χ0n) is 12.1. The number of hydrogen-bond donors (Lipinski definition) is 1. The Morgan fingerprint density at radius 3 is 1.90 bits per heavy atom. The lowest BCUT2D eigenvalue weighted by molar-refractivity contribution is 0.0511. The van der Waals surface area contributed by atoms with Crippen molar-refractivity contribution in [3.8, 4) is 11.5 Å². The third-order valence-electron chi connectivity index (χ3n) is 3.51. The van der Waals surface area contributed by atoms with Crippen LogP contribution in [0.1, 0.15) is 25.0 Å². The minimum atomic E-state index is -0.131. The summed E-state index contributed by atoms with van der Waals surface area (Å²) >= 11 is 0. The van der Waals surface area contributed by atoms with Gasteiger partial charge in [0.2, 0.25) is 0 Å². The number of phenolic OH excluding ortho intramolecular Hbond substituents is 1. The number of benzene rings is 2. The van der Waals surface area contributed by atoms with Gasteiger partial charge in [-0.05, 0) is 35.4 Å². The molecule has 106 valence electrons. The Morgan fingerprint density at radius 2 is 1.40 bits per heavy atom. The van der Waals surface area contributed by atoms with Crippen molar-refractivity contribution in [2.75, 3.05) is 13.9 Å². The molecule has 0 amide bonds. The minimum Gasteiger partial charge on any atom is -0.508 e. The second-order valence-corrected chi connectivity index (χ2v) is 5.25. The first-order chi connectivity index (χ1) is 9.54. The van der Waals surface area contributed by atoms with E-state index in [0.717, 1.165) is 11.3 Å². The van der Waals surface area contributed by atoms with E-state index in [9.17, 15) is 5.11 Å². The molecule has 0 saturated heterocycles. The quantitative estimate of drug-likeness (QED) is 0.843. The number of ether oxygens (including phenoxy) is 2. The van der Waals surface area contributed by atoms with E-state index in [1.54, 1.807) is 19.2 Å². The molecule has 0 fully saturated rings. The van der Waals surface area contributed by atoms with Crippen molar-refractivity contribution in [1.29, 1.82) is 0 Å². The third kappa shape index (κ3) is 3.11. The van der Waals surface area contributed by atoms with Crippen LogP contribution in [0.15, 0.2) is 48.5 Å². The fourth-order valence-corrected chi connectivity index (χ4v) is 2.14. The Kier molecular flexibility index (Phi) is 4.30. The molecule has 0 saturated carbocycles. The van der Waals surface area contributed by atoms with E-state index in [1.807, 2.05) is 24.3 Å². The third-order valence-corrected chi connectivity index (χ3v) is 3.51. The van der Waals surface area contributed by atoms with Gasteiger partial charge in [0, 0.05) is 12.5 Å². The van der Waals surface area contributed by atoms with Gasteiger partial charge >= 0.3 is 0 Å². The second kappa shape index (κ2) is 5.97. The highest BCUT2D eigenvalue weighted by atomic mass is 16.7. The molecule has 2 aromatic rings. The highest BCUT2D eigenvalue weighted by molar-refractivity contribution is 5.41. The van der Waals surface area contributed by atoms with Crippen LogP contribution < -0.4 is 4.74 Å². The molecule has 20 heavy (non-hydrogen) atoms. The lowest BCUT2D eigenvalue weighted by Crippen LogP contribution is -2.18. The molecule has 0 atom stereocenters. The Labute approximate surface area is 119 Å². The van der Waals surface area contributed by atoms with Crippen molar-refractivity contribution in [2.45, 2.75) is 19.3 Å². The smallest absolute Gasteiger partial charge is 0.188 e. The predicted octanol–water partition coefficient (Wildman–Crippen LogP) is 3.70. The molecule has 2 aromatic carbocycles. The van der Waals surface area contributed by atoms with E-state index in [1.165, 1.54) is 5.56 Å². The maximum atomic E-state index is 9.38. The summed E-state index contributed by atoms with van der Waals surface area (Å²) in [6.45, 7) is 4.56. The Hall–Kier alpha value is -2.00. The van der Waals surface area contributed by atoms with E-state index in [0.29, 0.717) is 0 Å². The van der Waals surface area contributed by atoms with Crippen LogP contribution >= 0.6 is 0 Å². The molecule has 3 nitrogen and oxygen atoms in total. The molecule has 0 aliphatic heterocycles. The summed E-state index contributed by atoms with van der Waals surface area (Å²) in [6.07, 6.45) is 0. The second-order valence-electron chi connectivity index (χ2n) is 5.25. The number of rotatable bonds is 5. The molecule has 0 aromatic heterocycles. The van der Waals surface area contributed by atoms with Gasteiger partial charge < -0.3 is 14.6 Å². The minimum absolute atomic E-state index is 0.131. The fraction of sp³-hybridized carbons (Fsp3) is 0.294. The van der Waals surface area contributed by atoms with Crippen molar-refractivity contribution >= 4 is 0 Å². The SMILES string of the molecule is COCOc1ccc(C(C)(C)c2ccc(O)cc2)cc1. The summed E-state index contributed by atoms with van der Waals surface area (Å²) < 4.78 is 10.3. The van der Waals surface area contributed by atoms with E-state index in [4.69, 9.17) is 9.47 Å². The van der Waals surface area contributed by atoms with Crippen LogP contribution in [0.3, 0.4) is 0 Å². The zero-order chi connectivity index (χ0) is 14.6. The fourth-order valence-electron chi connectivity index (χ4n) is 2.14. The van der Waals surface area contributed by atoms with E-state index in [-0.39, 0.29) is 18.0 Å². The van der Waals surface area contributed by atoms with Crippen molar-refractivity contribution < 1.29 is 14.6 Å². The summed E-state index contributed by atoms with van der Waals surface area (Å²) in [5.41, 5.74) is 2.21. The molecule has 0 aliphatic carbocycles. The van der Waals surface area contributed by atoms with Crippen molar-refractivity contribution in [3.05, 3.63) is 59.7 Å². The summed E-state index contributed by atoms with van der Waals surface area (Å²) in [5, 5.41) is 9.38. The van der Waals surface area contributed by atoms with Gasteiger partial charge in [-0.1, -0.05) is 38.1 Å². The maximum absolute atomic E-state index is 9.38. The lowest BCUT2D eigenvalue weighted by atomic mass is 9.78. The first kappa shape index (κ1) is 14.4. The van der Waals surface area contributed by atoms with Crippen molar-refractivity contribution in [2.24, 2.45) is 0 Å². The first-order valence-electron chi connectivity index (χ1n) is 6.56. The summed E-state index contributed by atoms with van der Waals surface area (Å²) in [7, 11) is 1.60. The van der Waals surface area contributed by atoms with Crippen molar-refractivity contribution in [1.82, 2.24) is 0 Å². The molecule has 0 bridgehead atoms. The topological polar surface area (TPSA) is 38.7 Å². The van der Waals surface area contributed by atoms with Crippen LogP contribution in [0.5, 0.6) is 11.5 Å². The standard InChI is InChI=1S/C17H20O3/c1-17(2,13-4-8-15(18)9-5-13)14-6-10-16(11-7-14)20-12-19-3/h4-11,18H,12H2,1-3H3. The number of hydrogen-bond acceptors (Lipinski definition) is 3. The molecule has 0 radical (unpaired) electrons. The summed E-state index contributed by atoms with van der Waals surface area (Å²) in [6, 6.07) is 15.3. The molecule has 3 heteroatoms. The van der Waals surface area contributed by atoms with Gasteiger partial charge in [-0.15, -0.1) is 0 Å². The zero-order valence-corrected chi connectivity index (χ0v) is 12.1. The van der Waals surface area contributed by atoms with Crippen LogP contribution in [0, 0.1) is 0 Å². The van der Waals surface area contributed by atoms with Gasteiger partial charge in [0.25, 0.3) is 0 Å². The van der Waals surface area contributed by atoms with Gasteiger partial charge in [-0.3, -0.25) is 0 Å². The van der Waals surface area contributed by atoms with Crippen molar-refractivity contribution in [3.63, 3.8) is 0 Å². The molecular formula is C17H20O3. The average Bonchev–Trinajstić information content (AvgIpc) is 2.46. The Balaban J connectivity index is 2.22. The van der Waals surface area contributed by atoms with Crippen LogP contribution in [0.2, 0.25) is 0 Å². The maximum Gasteiger partial charge on any atom is 0.188 e. The molecule has 0 aliphatic rings. The molecule has 0 spiro atoms. The van der Waals surface area contributed by atoms with Crippen LogP contribution in [-0.2, 0) is 10.2 Å². The summed E-state index contributed by atoms with van der Waals surface area (Å²) in [4.78, 5) is 0. The molecule has 1 N–H and O–H groups in total. The van der Waals surface area contributed by atoms with Gasteiger partial charge in [0.05, 0.1) is 0 Å². The highest BCUT2D eigenvalue weighted by Crippen LogP contribution is 2.33. The summed E-state index contributed by atoms with van der Waals surface area (Å²) in [5.74, 6) is 1.07. The van der Waals surface area contributed by atoms with Gasteiger partial charge in [0.1, 0.15) is 11.5 Å². The normalized spacial score (nSPS) is 11.3. The molecular weight excluding hydrogens is 252 g/mol. The van der Waals surface area contributed by atoms with E-state index in [2.05, 4.69) is 26.0 Å². The Morgan fingerprint density at radius 1 is 0.900 bits per heavy atom. The van der Waals surface area contributed by atoms with E-state index >= 15 is 0 Å². The largest absolute Gasteiger partial charge is 0.508 e. The average molecular weight is 272 g/mol. The molecule has 0 heterocycles.